The molecule has 1 aliphatic heterocycles. The molecular weight excluding hydrogens is 440 g/mol. The number of methoxy groups -OCH3 is 1. The maximum atomic E-state index is 12.5. The normalized spacial score (nSPS) is 25.1. The first-order valence-electron chi connectivity index (χ1n) is 9.90. The Labute approximate surface area is 186 Å². The van der Waals surface area contributed by atoms with Crippen molar-refractivity contribution in [3.63, 3.8) is 0 Å². The third-order valence-corrected chi connectivity index (χ3v) is 5.14. The number of aromatic hydroxyl groups is 1. The van der Waals surface area contributed by atoms with Crippen LogP contribution in [0.1, 0.15) is 0 Å². The number of hydrogen-bond donors (Lipinski definition) is 5. The highest BCUT2D eigenvalue weighted by atomic mass is 16.7. The number of rotatable bonds is 6. The van der Waals surface area contributed by atoms with E-state index in [1.807, 2.05) is 0 Å². The fourth-order valence-corrected chi connectivity index (χ4v) is 3.40. The molecule has 1 aromatic heterocycles. The maximum absolute atomic E-state index is 12.5. The summed E-state index contributed by atoms with van der Waals surface area (Å²) in [6.07, 6.45) is -7.51. The van der Waals surface area contributed by atoms with E-state index in [4.69, 9.17) is 23.4 Å². The van der Waals surface area contributed by atoms with Crippen LogP contribution in [0.3, 0.4) is 0 Å². The molecule has 1 fully saturated rings. The molecule has 2 heterocycles. The summed E-state index contributed by atoms with van der Waals surface area (Å²) >= 11 is 0. The molecule has 5 N–H and O–H groups in total. The van der Waals surface area contributed by atoms with Gasteiger partial charge in [-0.15, -0.1) is 0 Å². The summed E-state index contributed by atoms with van der Waals surface area (Å²) in [5.74, 6) is 0.298. The van der Waals surface area contributed by atoms with Crippen molar-refractivity contribution in [2.45, 2.75) is 30.7 Å². The first-order chi connectivity index (χ1) is 15.8. The van der Waals surface area contributed by atoms with Gasteiger partial charge in [0.15, 0.2) is 5.43 Å². The molecule has 11 nitrogen and oxygen atoms in total. The van der Waals surface area contributed by atoms with Crippen molar-refractivity contribution in [2.24, 2.45) is 0 Å². The molecular formula is C22H22O11. The molecule has 1 aliphatic rings. The molecule has 0 spiro atoms. The van der Waals surface area contributed by atoms with Gasteiger partial charge in [0, 0.05) is 12.1 Å². The van der Waals surface area contributed by atoms with Crippen LogP contribution in [0.15, 0.2) is 51.7 Å². The van der Waals surface area contributed by atoms with E-state index < -0.39 is 48.5 Å². The summed E-state index contributed by atoms with van der Waals surface area (Å²) in [7, 11) is 1.52. The van der Waals surface area contributed by atoms with E-state index in [1.165, 1.54) is 13.2 Å². The van der Waals surface area contributed by atoms with Crippen molar-refractivity contribution in [1.29, 1.82) is 0 Å². The van der Waals surface area contributed by atoms with Crippen molar-refractivity contribution in [3.8, 4) is 28.9 Å². The molecule has 176 valence electrons. The lowest BCUT2D eigenvalue weighted by Gasteiger charge is -2.39. The minimum atomic E-state index is -1.66. The van der Waals surface area contributed by atoms with Crippen molar-refractivity contribution >= 4 is 11.0 Å². The van der Waals surface area contributed by atoms with E-state index in [2.05, 4.69) is 0 Å². The van der Waals surface area contributed by atoms with Crippen molar-refractivity contribution in [2.75, 3.05) is 13.7 Å². The van der Waals surface area contributed by atoms with Gasteiger partial charge in [0.2, 0.25) is 6.29 Å². The van der Waals surface area contributed by atoms with E-state index in [0.29, 0.717) is 11.5 Å². The number of hydrogen-bond acceptors (Lipinski definition) is 11. The van der Waals surface area contributed by atoms with Crippen LogP contribution in [0.4, 0.5) is 0 Å². The Hall–Kier alpha value is -3.35. The highest BCUT2D eigenvalue weighted by Gasteiger charge is 2.44. The Morgan fingerprint density at radius 1 is 0.939 bits per heavy atom. The quantitative estimate of drug-likeness (QED) is 0.345. The summed E-state index contributed by atoms with van der Waals surface area (Å²) in [6.45, 7) is -0.630. The summed E-state index contributed by atoms with van der Waals surface area (Å²) in [4.78, 5) is 12.5. The Morgan fingerprint density at radius 3 is 2.30 bits per heavy atom. The average Bonchev–Trinajstić information content (AvgIpc) is 2.79. The fourth-order valence-electron chi connectivity index (χ4n) is 3.40. The number of ether oxygens (including phenoxy) is 4. The monoisotopic (exact) mass is 462 g/mol. The van der Waals surface area contributed by atoms with Crippen LogP contribution in [-0.4, -0.2) is 70.0 Å². The minimum Gasteiger partial charge on any atom is -0.507 e. The van der Waals surface area contributed by atoms with Gasteiger partial charge in [-0.1, -0.05) is 0 Å². The average molecular weight is 462 g/mol. The second-order valence-electron chi connectivity index (χ2n) is 7.34. The standard InChI is InChI=1S/C22H22O11/c1-29-10-2-4-11(5-3-10)30-17-8-14(25)18-13(24)6-12(7-15(18)32-17)31-22-21(28)20(27)19(26)16(9-23)33-22/h2-8,16,19-24,26-28H,9H2,1H3. The first kappa shape index (κ1) is 22.8. The fraction of sp³-hybridized carbons (Fsp3) is 0.318. The van der Waals surface area contributed by atoms with Crippen LogP contribution in [-0.2, 0) is 4.74 Å². The minimum absolute atomic E-state index is 0.0749. The summed E-state index contributed by atoms with van der Waals surface area (Å²) in [5.41, 5.74) is -0.651. The Bertz CT molecular complexity index is 1170. The van der Waals surface area contributed by atoms with Gasteiger partial charge in [0.05, 0.1) is 19.8 Å². The molecule has 0 radical (unpaired) electrons. The van der Waals surface area contributed by atoms with E-state index in [0.717, 1.165) is 12.1 Å². The highest BCUT2D eigenvalue weighted by Crippen LogP contribution is 2.33. The van der Waals surface area contributed by atoms with Crippen molar-refractivity contribution in [1.82, 2.24) is 0 Å². The lowest BCUT2D eigenvalue weighted by molar-refractivity contribution is -0.277. The molecule has 2 aromatic carbocycles. The number of benzene rings is 2. The second-order valence-corrected chi connectivity index (χ2v) is 7.34. The van der Waals surface area contributed by atoms with Crippen LogP contribution in [0, 0.1) is 0 Å². The van der Waals surface area contributed by atoms with E-state index in [1.54, 1.807) is 24.3 Å². The zero-order valence-corrected chi connectivity index (χ0v) is 17.3. The van der Waals surface area contributed by atoms with E-state index in [9.17, 15) is 30.3 Å². The predicted molar refractivity (Wildman–Crippen MR) is 112 cm³/mol. The van der Waals surface area contributed by atoms with Gasteiger partial charge >= 0.3 is 0 Å². The number of aliphatic hydroxyl groups is 4. The third kappa shape index (κ3) is 4.58. The van der Waals surface area contributed by atoms with Gasteiger partial charge < -0.3 is 48.9 Å². The third-order valence-electron chi connectivity index (χ3n) is 5.14. The molecule has 0 aliphatic carbocycles. The lowest BCUT2D eigenvalue weighted by Crippen LogP contribution is -2.60. The van der Waals surface area contributed by atoms with Crippen LogP contribution in [0.5, 0.6) is 28.9 Å². The Balaban J connectivity index is 1.63. The number of aliphatic hydroxyl groups excluding tert-OH is 4. The Morgan fingerprint density at radius 2 is 1.64 bits per heavy atom. The molecule has 0 amide bonds. The largest absolute Gasteiger partial charge is 0.507 e. The second kappa shape index (κ2) is 9.25. The van der Waals surface area contributed by atoms with E-state index >= 15 is 0 Å². The van der Waals surface area contributed by atoms with Gasteiger partial charge in [-0.25, -0.2) is 0 Å². The molecule has 0 saturated carbocycles. The van der Waals surface area contributed by atoms with Gasteiger partial charge in [0.1, 0.15) is 58.4 Å². The molecule has 11 heteroatoms. The zero-order valence-electron chi connectivity index (χ0n) is 17.3. The number of fused-ring (bicyclic) bond motifs is 1. The molecule has 0 bridgehead atoms. The van der Waals surface area contributed by atoms with Crippen LogP contribution < -0.4 is 19.6 Å². The van der Waals surface area contributed by atoms with Crippen LogP contribution in [0.2, 0.25) is 0 Å². The summed E-state index contributed by atoms with van der Waals surface area (Å²) in [6, 6.07) is 9.98. The van der Waals surface area contributed by atoms with Gasteiger partial charge in [-0.05, 0) is 24.3 Å². The van der Waals surface area contributed by atoms with Crippen molar-refractivity contribution < 1.29 is 48.9 Å². The SMILES string of the molecule is COc1ccc(Oc2cc(=O)c3c(O)cc(OC4OC(CO)C(O)C(O)C4O)cc3o2)cc1. The number of phenols is 1. The van der Waals surface area contributed by atoms with Gasteiger partial charge in [-0.2, -0.15) is 0 Å². The lowest BCUT2D eigenvalue weighted by atomic mass is 9.99. The Kier molecular flexibility index (Phi) is 6.40. The summed E-state index contributed by atoms with van der Waals surface area (Å²) in [5, 5.41) is 49.4. The zero-order chi connectivity index (χ0) is 23.7. The molecule has 1 saturated heterocycles. The molecule has 3 aromatic rings. The smallest absolute Gasteiger partial charge is 0.294 e. The highest BCUT2D eigenvalue weighted by molar-refractivity contribution is 5.84. The van der Waals surface area contributed by atoms with Crippen molar-refractivity contribution in [3.05, 3.63) is 52.7 Å². The molecule has 5 atom stereocenters. The van der Waals surface area contributed by atoms with Gasteiger partial charge in [0.25, 0.3) is 5.95 Å². The topological polar surface area (TPSA) is 168 Å². The predicted octanol–water partition coefficient (Wildman–Crippen LogP) is 0.478. The van der Waals surface area contributed by atoms with E-state index in [-0.39, 0.29) is 22.7 Å². The first-order valence-corrected chi connectivity index (χ1v) is 9.90. The van der Waals surface area contributed by atoms with Crippen LogP contribution >= 0.6 is 0 Å². The molecule has 4 rings (SSSR count). The van der Waals surface area contributed by atoms with Gasteiger partial charge in [-0.3, -0.25) is 4.79 Å². The van der Waals surface area contributed by atoms with Crippen LogP contribution in [0.25, 0.3) is 11.0 Å². The number of phenolic OH excluding ortho intramolecular Hbond substituents is 1. The maximum Gasteiger partial charge on any atom is 0.294 e. The molecule has 5 unspecified atom stereocenters. The molecule has 33 heavy (non-hydrogen) atoms. The summed E-state index contributed by atoms with van der Waals surface area (Å²) < 4.78 is 27.0.